The van der Waals surface area contributed by atoms with Crippen molar-refractivity contribution in [3.8, 4) is 0 Å². The van der Waals surface area contributed by atoms with E-state index in [2.05, 4.69) is 12.2 Å². The van der Waals surface area contributed by atoms with Gasteiger partial charge < -0.3 is 0 Å². The first-order valence-corrected chi connectivity index (χ1v) is 4.40. The van der Waals surface area contributed by atoms with Crippen molar-refractivity contribution in [3.63, 3.8) is 0 Å². The van der Waals surface area contributed by atoms with Gasteiger partial charge in [-0.1, -0.05) is 0 Å². The van der Waals surface area contributed by atoms with Crippen LogP contribution in [0.4, 0.5) is 0 Å². The fraction of sp³-hybridized carbons (Fsp3) is 1.00. The van der Waals surface area contributed by atoms with Crippen LogP contribution in [0, 0.1) is 5.92 Å². The SMILES string of the molecule is C[C@@H]1CN[C@@H](C2CC2)ON1C. The number of hydrogen-bond donors (Lipinski definition) is 1. The molecule has 2 aliphatic rings. The van der Waals surface area contributed by atoms with Crippen molar-refractivity contribution < 1.29 is 4.84 Å². The highest BCUT2D eigenvalue weighted by Gasteiger charge is 2.36. The number of likely N-dealkylation sites (N-methyl/N-ethyl adjacent to an activating group) is 1. The molecule has 0 aromatic rings. The summed E-state index contributed by atoms with van der Waals surface area (Å²) >= 11 is 0. The van der Waals surface area contributed by atoms with Gasteiger partial charge in [-0.05, 0) is 19.8 Å². The summed E-state index contributed by atoms with van der Waals surface area (Å²) in [5, 5.41) is 5.37. The van der Waals surface area contributed by atoms with E-state index in [1.54, 1.807) is 0 Å². The Hall–Kier alpha value is -0.120. The second-order valence-electron chi connectivity index (χ2n) is 3.67. The van der Waals surface area contributed by atoms with Crippen LogP contribution >= 0.6 is 0 Å². The fourth-order valence-corrected chi connectivity index (χ4v) is 1.39. The molecule has 0 aromatic carbocycles. The predicted octanol–water partition coefficient (Wildman–Crippen LogP) is 0.578. The van der Waals surface area contributed by atoms with E-state index in [0.717, 1.165) is 12.5 Å². The van der Waals surface area contributed by atoms with E-state index in [9.17, 15) is 0 Å². The molecule has 64 valence electrons. The molecule has 2 atom stereocenters. The summed E-state index contributed by atoms with van der Waals surface area (Å²) < 4.78 is 0. The third kappa shape index (κ3) is 1.55. The molecule has 0 radical (unpaired) electrons. The molecular weight excluding hydrogens is 140 g/mol. The lowest BCUT2D eigenvalue weighted by Crippen LogP contribution is -2.52. The van der Waals surface area contributed by atoms with Gasteiger partial charge in [-0.25, -0.2) is 0 Å². The van der Waals surface area contributed by atoms with Crippen LogP contribution in [0.1, 0.15) is 19.8 Å². The van der Waals surface area contributed by atoms with Crippen LogP contribution in [-0.2, 0) is 4.84 Å². The Morgan fingerprint density at radius 2 is 2.18 bits per heavy atom. The van der Waals surface area contributed by atoms with Crippen molar-refractivity contribution >= 4 is 0 Å². The molecule has 0 spiro atoms. The average molecular weight is 156 g/mol. The average Bonchev–Trinajstić information content (AvgIpc) is 2.77. The number of rotatable bonds is 1. The van der Waals surface area contributed by atoms with Gasteiger partial charge in [0.2, 0.25) is 0 Å². The van der Waals surface area contributed by atoms with Crippen LogP contribution in [0.2, 0.25) is 0 Å². The van der Waals surface area contributed by atoms with Gasteiger partial charge in [0.1, 0.15) is 6.23 Å². The predicted molar refractivity (Wildman–Crippen MR) is 42.8 cm³/mol. The zero-order valence-electron chi connectivity index (χ0n) is 7.21. The Labute approximate surface area is 67.7 Å². The summed E-state index contributed by atoms with van der Waals surface area (Å²) in [6.45, 7) is 3.22. The quantitative estimate of drug-likeness (QED) is 0.601. The molecule has 11 heavy (non-hydrogen) atoms. The smallest absolute Gasteiger partial charge is 0.132 e. The molecule has 0 amide bonds. The third-order valence-corrected chi connectivity index (χ3v) is 2.57. The summed E-state index contributed by atoms with van der Waals surface area (Å²) in [5.41, 5.74) is 0. The zero-order valence-corrected chi connectivity index (χ0v) is 7.21. The Kier molecular flexibility index (Phi) is 1.87. The van der Waals surface area contributed by atoms with Crippen LogP contribution in [0.25, 0.3) is 0 Å². The van der Waals surface area contributed by atoms with Crippen molar-refractivity contribution in [3.05, 3.63) is 0 Å². The third-order valence-electron chi connectivity index (χ3n) is 2.57. The highest BCUT2D eigenvalue weighted by Crippen LogP contribution is 2.34. The minimum Gasteiger partial charge on any atom is -0.289 e. The van der Waals surface area contributed by atoms with Crippen molar-refractivity contribution in [1.82, 2.24) is 10.4 Å². The highest BCUT2D eigenvalue weighted by atomic mass is 16.7. The molecule has 1 heterocycles. The normalized spacial score (nSPS) is 40.9. The molecule has 3 heteroatoms. The molecule has 1 saturated heterocycles. The molecule has 1 N–H and O–H groups in total. The lowest BCUT2D eigenvalue weighted by Gasteiger charge is -2.35. The molecule has 1 aliphatic carbocycles. The van der Waals surface area contributed by atoms with Crippen LogP contribution in [0.15, 0.2) is 0 Å². The zero-order chi connectivity index (χ0) is 7.84. The van der Waals surface area contributed by atoms with Crippen LogP contribution < -0.4 is 5.32 Å². The summed E-state index contributed by atoms with van der Waals surface area (Å²) in [6, 6.07) is 0.505. The Bertz CT molecular complexity index is 147. The monoisotopic (exact) mass is 156 g/mol. The van der Waals surface area contributed by atoms with E-state index in [-0.39, 0.29) is 0 Å². The topological polar surface area (TPSA) is 24.5 Å². The maximum atomic E-state index is 5.64. The molecule has 1 saturated carbocycles. The second-order valence-corrected chi connectivity index (χ2v) is 3.67. The molecular formula is C8H16N2O. The molecule has 3 nitrogen and oxygen atoms in total. The summed E-state index contributed by atoms with van der Waals surface area (Å²) in [4.78, 5) is 5.64. The van der Waals surface area contributed by atoms with E-state index < -0.39 is 0 Å². The molecule has 2 rings (SSSR count). The molecule has 2 fully saturated rings. The van der Waals surface area contributed by atoms with Crippen LogP contribution in [-0.4, -0.2) is 30.9 Å². The van der Waals surface area contributed by atoms with Crippen LogP contribution in [0.5, 0.6) is 0 Å². The number of nitrogens with zero attached hydrogens (tertiary/aromatic N) is 1. The molecule has 0 bridgehead atoms. The van der Waals surface area contributed by atoms with E-state index in [1.807, 2.05) is 12.1 Å². The summed E-state index contributed by atoms with van der Waals surface area (Å²) in [5.74, 6) is 0.782. The van der Waals surface area contributed by atoms with Crippen molar-refractivity contribution in [2.24, 2.45) is 5.92 Å². The first-order chi connectivity index (χ1) is 5.27. The fourth-order valence-electron chi connectivity index (χ4n) is 1.39. The highest BCUT2D eigenvalue weighted by molar-refractivity contribution is 4.83. The van der Waals surface area contributed by atoms with Crippen molar-refractivity contribution in [1.29, 1.82) is 0 Å². The number of hydroxylamine groups is 2. The van der Waals surface area contributed by atoms with Gasteiger partial charge in [-0.15, -0.1) is 0 Å². The van der Waals surface area contributed by atoms with Gasteiger partial charge in [0, 0.05) is 25.6 Å². The van der Waals surface area contributed by atoms with Gasteiger partial charge in [0.05, 0.1) is 0 Å². The van der Waals surface area contributed by atoms with Crippen molar-refractivity contribution in [2.75, 3.05) is 13.6 Å². The number of hydrogen-bond acceptors (Lipinski definition) is 3. The van der Waals surface area contributed by atoms with Crippen LogP contribution in [0.3, 0.4) is 0 Å². The maximum Gasteiger partial charge on any atom is 0.132 e. The minimum atomic E-state index is 0.302. The van der Waals surface area contributed by atoms with Gasteiger partial charge in [0.25, 0.3) is 0 Å². The molecule has 1 aliphatic heterocycles. The van der Waals surface area contributed by atoms with E-state index in [0.29, 0.717) is 12.3 Å². The molecule has 0 aromatic heterocycles. The summed E-state index contributed by atoms with van der Waals surface area (Å²) in [6.07, 6.45) is 2.97. The summed E-state index contributed by atoms with van der Waals surface area (Å²) in [7, 11) is 2.01. The maximum absolute atomic E-state index is 5.64. The molecule has 0 unspecified atom stereocenters. The van der Waals surface area contributed by atoms with E-state index in [1.165, 1.54) is 12.8 Å². The van der Waals surface area contributed by atoms with Gasteiger partial charge in [-0.3, -0.25) is 10.2 Å². The van der Waals surface area contributed by atoms with E-state index in [4.69, 9.17) is 4.84 Å². The number of nitrogens with one attached hydrogen (secondary N) is 1. The Morgan fingerprint density at radius 3 is 2.73 bits per heavy atom. The largest absolute Gasteiger partial charge is 0.289 e. The Morgan fingerprint density at radius 1 is 1.45 bits per heavy atom. The standard InChI is InChI=1S/C8H16N2O/c1-6-5-9-8(7-3-4-7)11-10(6)2/h6-9H,3-5H2,1-2H3/t6-,8-/m1/s1. The van der Waals surface area contributed by atoms with Gasteiger partial charge in [0.15, 0.2) is 0 Å². The van der Waals surface area contributed by atoms with Gasteiger partial charge >= 0.3 is 0 Å². The van der Waals surface area contributed by atoms with Gasteiger partial charge in [-0.2, -0.15) is 5.06 Å². The first kappa shape index (κ1) is 7.53. The minimum absolute atomic E-state index is 0.302. The lowest BCUT2D eigenvalue weighted by molar-refractivity contribution is -0.240. The first-order valence-electron chi connectivity index (χ1n) is 4.40. The van der Waals surface area contributed by atoms with E-state index >= 15 is 0 Å². The second kappa shape index (κ2) is 2.73. The Balaban J connectivity index is 1.86. The lowest BCUT2D eigenvalue weighted by atomic mass is 10.3. The van der Waals surface area contributed by atoms with Crippen molar-refractivity contribution in [2.45, 2.75) is 32.0 Å².